The number of amides is 4. The van der Waals surface area contributed by atoms with E-state index in [1.54, 1.807) is 54.6 Å². The monoisotopic (exact) mass is 534 g/mol. The van der Waals surface area contributed by atoms with Gasteiger partial charge in [0.25, 0.3) is 11.8 Å². The van der Waals surface area contributed by atoms with Crippen molar-refractivity contribution in [3.05, 3.63) is 93.5 Å². The van der Waals surface area contributed by atoms with Gasteiger partial charge in [0.15, 0.2) is 11.5 Å². The van der Waals surface area contributed by atoms with Crippen molar-refractivity contribution in [1.82, 2.24) is 5.32 Å². The molecule has 8 nitrogen and oxygen atoms in total. The first-order chi connectivity index (χ1) is 16.8. The van der Waals surface area contributed by atoms with Crippen molar-refractivity contribution in [1.29, 1.82) is 0 Å². The van der Waals surface area contributed by atoms with Gasteiger partial charge in [0.2, 0.25) is 0 Å². The minimum atomic E-state index is -0.838. The minimum absolute atomic E-state index is 0.173. The van der Waals surface area contributed by atoms with Crippen LogP contribution in [-0.2, 0) is 9.59 Å². The van der Waals surface area contributed by atoms with Crippen LogP contribution < -0.4 is 19.7 Å². The molecule has 1 fully saturated rings. The number of anilines is 1. The number of carbonyl (C=O) groups excluding carboxylic acids is 4. The fourth-order valence-electron chi connectivity index (χ4n) is 3.36. The van der Waals surface area contributed by atoms with Gasteiger partial charge in [0.05, 0.1) is 18.4 Å². The van der Waals surface area contributed by atoms with E-state index in [1.165, 1.54) is 25.3 Å². The molecule has 1 N–H and O–H groups in total. The Kier molecular flexibility index (Phi) is 6.79. The standard InChI is InChI=1S/C26H19BrN2O6/c1-15-3-6-17(7-4-15)25(32)35-21-12-5-16(14-22(21)34-2)13-20-23(30)28-26(33)29(24(20)31)19-10-8-18(27)9-11-19/h3-14H,1-2H3,(H,28,30,33)/b20-13+. The fraction of sp³-hybridized carbons (Fsp3) is 0.0769. The topological polar surface area (TPSA) is 102 Å². The van der Waals surface area contributed by atoms with E-state index in [4.69, 9.17) is 9.47 Å². The van der Waals surface area contributed by atoms with Gasteiger partial charge >= 0.3 is 12.0 Å². The number of hydrogen-bond acceptors (Lipinski definition) is 6. The van der Waals surface area contributed by atoms with Gasteiger partial charge in [-0.05, 0) is 67.1 Å². The Labute approximate surface area is 209 Å². The maximum Gasteiger partial charge on any atom is 0.343 e. The molecule has 176 valence electrons. The normalized spacial score (nSPS) is 14.7. The third kappa shape index (κ3) is 5.15. The SMILES string of the molecule is COc1cc(/C=C2\C(=O)NC(=O)N(c3ccc(Br)cc3)C2=O)ccc1OC(=O)c1ccc(C)cc1. The minimum Gasteiger partial charge on any atom is -0.493 e. The molecule has 1 aliphatic rings. The van der Waals surface area contributed by atoms with E-state index in [0.29, 0.717) is 16.8 Å². The zero-order valence-corrected chi connectivity index (χ0v) is 20.3. The summed E-state index contributed by atoms with van der Waals surface area (Å²) in [6.45, 7) is 1.91. The van der Waals surface area contributed by atoms with Gasteiger partial charge in [-0.15, -0.1) is 0 Å². The van der Waals surface area contributed by atoms with Crippen molar-refractivity contribution in [2.75, 3.05) is 12.0 Å². The van der Waals surface area contributed by atoms with E-state index in [9.17, 15) is 19.2 Å². The van der Waals surface area contributed by atoms with Crippen LogP contribution in [-0.4, -0.2) is 30.9 Å². The lowest BCUT2D eigenvalue weighted by atomic mass is 10.1. The van der Waals surface area contributed by atoms with Gasteiger partial charge in [0.1, 0.15) is 5.57 Å². The average Bonchev–Trinajstić information content (AvgIpc) is 2.84. The number of rotatable bonds is 5. The number of hydrogen-bond donors (Lipinski definition) is 1. The lowest BCUT2D eigenvalue weighted by Crippen LogP contribution is -2.54. The Balaban J connectivity index is 1.61. The molecule has 3 aromatic rings. The first-order valence-electron chi connectivity index (χ1n) is 10.4. The van der Waals surface area contributed by atoms with Crippen molar-refractivity contribution in [2.45, 2.75) is 6.92 Å². The number of halogens is 1. The number of benzene rings is 3. The molecule has 0 aromatic heterocycles. The lowest BCUT2D eigenvalue weighted by Gasteiger charge is -2.26. The van der Waals surface area contributed by atoms with E-state index in [0.717, 1.165) is 14.9 Å². The summed E-state index contributed by atoms with van der Waals surface area (Å²) in [4.78, 5) is 51.2. The Morgan fingerprint density at radius 1 is 0.943 bits per heavy atom. The molecule has 35 heavy (non-hydrogen) atoms. The number of urea groups is 1. The summed E-state index contributed by atoms with van der Waals surface area (Å²) in [5.74, 6) is -1.74. The highest BCUT2D eigenvalue weighted by Gasteiger charge is 2.36. The van der Waals surface area contributed by atoms with Crippen LogP contribution in [0.4, 0.5) is 10.5 Å². The van der Waals surface area contributed by atoms with Gasteiger partial charge in [-0.3, -0.25) is 14.9 Å². The van der Waals surface area contributed by atoms with Crippen LogP contribution in [0.5, 0.6) is 11.5 Å². The largest absolute Gasteiger partial charge is 0.493 e. The molecule has 4 rings (SSSR count). The molecule has 0 spiro atoms. The molecule has 1 aliphatic heterocycles. The molecule has 0 bridgehead atoms. The van der Waals surface area contributed by atoms with Crippen LogP contribution in [0.2, 0.25) is 0 Å². The Morgan fingerprint density at radius 2 is 1.63 bits per heavy atom. The maximum absolute atomic E-state index is 13.0. The molecule has 1 heterocycles. The number of imide groups is 2. The predicted octanol–water partition coefficient (Wildman–Crippen LogP) is 4.65. The summed E-state index contributed by atoms with van der Waals surface area (Å²) >= 11 is 3.30. The van der Waals surface area contributed by atoms with Crippen molar-refractivity contribution in [2.24, 2.45) is 0 Å². The summed E-state index contributed by atoms with van der Waals surface area (Å²) in [6, 6.07) is 17.2. The quantitative estimate of drug-likeness (QED) is 0.221. The van der Waals surface area contributed by atoms with Crippen LogP contribution in [0.3, 0.4) is 0 Å². The number of esters is 1. The predicted molar refractivity (Wildman–Crippen MR) is 132 cm³/mol. The molecule has 1 saturated heterocycles. The van der Waals surface area contributed by atoms with Crippen LogP contribution >= 0.6 is 15.9 Å². The number of ether oxygens (including phenoxy) is 2. The zero-order valence-electron chi connectivity index (χ0n) is 18.7. The van der Waals surface area contributed by atoms with Crippen molar-refractivity contribution >= 4 is 51.5 Å². The van der Waals surface area contributed by atoms with Crippen molar-refractivity contribution < 1.29 is 28.7 Å². The zero-order chi connectivity index (χ0) is 25.1. The first kappa shape index (κ1) is 23.9. The average molecular weight is 535 g/mol. The number of barbiturate groups is 1. The van der Waals surface area contributed by atoms with Crippen LogP contribution in [0.25, 0.3) is 6.08 Å². The summed E-state index contributed by atoms with van der Waals surface area (Å²) in [5, 5.41) is 2.18. The number of methoxy groups -OCH3 is 1. The first-order valence-corrected chi connectivity index (χ1v) is 11.2. The second-order valence-corrected chi connectivity index (χ2v) is 8.52. The third-order valence-electron chi connectivity index (χ3n) is 5.18. The van der Waals surface area contributed by atoms with Crippen molar-refractivity contribution in [3.8, 4) is 11.5 Å². The maximum atomic E-state index is 13.0. The van der Waals surface area contributed by atoms with Gasteiger partial charge in [-0.1, -0.05) is 39.7 Å². The van der Waals surface area contributed by atoms with Crippen LogP contribution in [0.1, 0.15) is 21.5 Å². The van der Waals surface area contributed by atoms with Gasteiger partial charge < -0.3 is 9.47 Å². The second-order valence-electron chi connectivity index (χ2n) is 7.60. The molecule has 0 atom stereocenters. The Hall–Kier alpha value is -4.24. The summed E-state index contributed by atoms with van der Waals surface area (Å²) in [6.07, 6.45) is 1.34. The highest BCUT2D eigenvalue weighted by Crippen LogP contribution is 2.31. The molecule has 3 aromatic carbocycles. The molecular weight excluding hydrogens is 516 g/mol. The third-order valence-corrected chi connectivity index (χ3v) is 5.70. The van der Waals surface area contributed by atoms with E-state index < -0.39 is 23.8 Å². The second kappa shape index (κ2) is 9.94. The highest BCUT2D eigenvalue weighted by molar-refractivity contribution is 9.10. The Bertz CT molecular complexity index is 1360. The van der Waals surface area contributed by atoms with E-state index >= 15 is 0 Å². The summed E-state index contributed by atoms with van der Waals surface area (Å²) in [5.41, 5.74) is 1.90. The van der Waals surface area contributed by atoms with Crippen molar-refractivity contribution in [3.63, 3.8) is 0 Å². The molecular formula is C26H19BrN2O6. The fourth-order valence-corrected chi connectivity index (χ4v) is 3.62. The van der Waals surface area contributed by atoms with Crippen LogP contribution in [0.15, 0.2) is 76.8 Å². The lowest BCUT2D eigenvalue weighted by molar-refractivity contribution is -0.122. The smallest absolute Gasteiger partial charge is 0.343 e. The van der Waals surface area contributed by atoms with Gasteiger partial charge in [-0.25, -0.2) is 14.5 Å². The summed E-state index contributed by atoms with van der Waals surface area (Å²) in [7, 11) is 1.40. The number of nitrogens with one attached hydrogen (secondary N) is 1. The molecule has 4 amide bonds. The summed E-state index contributed by atoms with van der Waals surface area (Å²) < 4.78 is 11.6. The molecule has 0 unspecified atom stereocenters. The number of aryl methyl sites for hydroxylation is 1. The van der Waals surface area contributed by atoms with Crippen LogP contribution in [0, 0.1) is 6.92 Å². The van der Waals surface area contributed by atoms with E-state index in [-0.39, 0.29) is 17.1 Å². The number of nitrogens with zero attached hydrogens (tertiary/aromatic N) is 1. The molecule has 0 aliphatic carbocycles. The molecule has 0 saturated carbocycles. The van der Waals surface area contributed by atoms with E-state index in [2.05, 4.69) is 21.2 Å². The molecule has 0 radical (unpaired) electrons. The van der Waals surface area contributed by atoms with E-state index in [1.807, 2.05) is 6.92 Å². The highest BCUT2D eigenvalue weighted by atomic mass is 79.9. The van der Waals surface area contributed by atoms with Gasteiger partial charge in [0, 0.05) is 4.47 Å². The van der Waals surface area contributed by atoms with Gasteiger partial charge in [-0.2, -0.15) is 0 Å². The Morgan fingerprint density at radius 3 is 2.29 bits per heavy atom. The number of carbonyl (C=O) groups is 4. The molecule has 9 heteroatoms.